The summed E-state index contributed by atoms with van der Waals surface area (Å²) in [5.41, 5.74) is 3.53. The van der Waals surface area contributed by atoms with E-state index in [4.69, 9.17) is 0 Å². The van der Waals surface area contributed by atoms with E-state index in [1.165, 1.54) is 6.92 Å². The summed E-state index contributed by atoms with van der Waals surface area (Å²) in [6.07, 6.45) is 3.47. The van der Waals surface area contributed by atoms with E-state index in [1.54, 1.807) is 18.5 Å². The molecular formula is C21H23N5O2. The highest BCUT2D eigenvalue weighted by atomic mass is 16.2. The van der Waals surface area contributed by atoms with Crippen LogP contribution in [0.15, 0.2) is 48.8 Å². The van der Waals surface area contributed by atoms with Gasteiger partial charge in [-0.2, -0.15) is 0 Å². The van der Waals surface area contributed by atoms with E-state index in [1.807, 2.05) is 44.2 Å². The maximum atomic E-state index is 12.7. The summed E-state index contributed by atoms with van der Waals surface area (Å²) < 4.78 is 0. The van der Waals surface area contributed by atoms with Crippen LogP contribution in [-0.2, 0) is 4.79 Å². The topological polar surface area (TPSA) is 99.8 Å². The number of nitrogens with zero attached hydrogens (tertiary/aromatic N) is 2. The van der Waals surface area contributed by atoms with Gasteiger partial charge >= 0.3 is 0 Å². The molecule has 7 heteroatoms. The fourth-order valence-corrected chi connectivity index (χ4v) is 2.91. The molecule has 1 atom stereocenters. The van der Waals surface area contributed by atoms with Gasteiger partial charge in [-0.3, -0.25) is 9.59 Å². The maximum Gasteiger partial charge on any atom is 0.268 e. The molecule has 7 nitrogen and oxygen atoms in total. The molecule has 1 amide bonds. The number of rotatable bonds is 7. The first-order valence-electron chi connectivity index (χ1n) is 9.12. The molecule has 3 N–H and O–H groups in total. The second kappa shape index (κ2) is 8.47. The lowest BCUT2D eigenvalue weighted by Crippen LogP contribution is -2.32. The summed E-state index contributed by atoms with van der Waals surface area (Å²) in [7, 11) is 0. The minimum atomic E-state index is -0.693. The molecule has 28 heavy (non-hydrogen) atoms. The third-order valence-corrected chi connectivity index (χ3v) is 4.32. The van der Waals surface area contributed by atoms with Crippen LogP contribution in [0.25, 0.3) is 11.3 Å². The number of nitrogens with one attached hydrogen (secondary N) is 3. The van der Waals surface area contributed by atoms with Gasteiger partial charge in [0.05, 0.1) is 5.69 Å². The number of hydrogen-bond donors (Lipinski definition) is 3. The van der Waals surface area contributed by atoms with E-state index in [-0.39, 0.29) is 11.7 Å². The Balaban J connectivity index is 1.82. The fraction of sp³-hybridized carbons (Fsp3) is 0.238. The predicted octanol–water partition coefficient (Wildman–Crippen LogP) is 3.27. The average Bonchev–Trinajstić information content (AvgIpc) is 3.18. The van der Waals surface area contributed by atoms with Crippen LogP contribution in [0, 0.1) is 6.92 Å². The molecule has 3 rings (SSSR count). The van der Waals surface area contributed by atoms with Crippen molar-refractivity contribution in [1.29, 1.82) is 0 Å². The highest BCUT2D eigenvalue weighted by molar-refractivity contribution is 5.97. The Morgan fingerprint density at radius 1 is 1.21 bits per heavy atom. The number of ketones is 1. The Morgan fingerprint density at radius 2 is 1.96 bits per heavy atom. The fourth-order valence-electron chi connectivity index (χ4n) is 2.91. The summed E-state index contributed by atoms with van der Waals surface area (Å²) in [5.74, 6) is 0.0539. The molecule has 3 aromatic rings. The zero-order chi connectivity index (χ0) is 20.1. The van der Waals surface area contributed by atoms with Gasteiger partial charge in [0, 0.05) is 24.5 Å². The normalized spacial score (nSPS) is 11.7. The first-order chi connectivity index (χ1) is 13.5. The van der Waals surface area contributed by atoms with Crippen molar-refractivity contribution in [2.75, 3.05) is 11.9 Å². The van der Waals surface area contributed by atoms with Crippen LogP contribution in [0.5, 0.6) is 0 Å². The van der Waals surface area contributed by atoms with E-state index in [2.05, 4.69) is 25.6 Å². The standard InChI is InChI=1S/C21H23N5O2/c1-4-22-21-24-11-13(2)18(26-21)16-10-17(23-12-16)20(28)25-19(14(3)27)15-8-6-5-7-9-15/h5-12,19,23H,4H2,1-3H3,(H,25,28)(H,22,24,26)/t19-/m0/s1. The summed E-state index contributed by atoms with van der Waals surface area (Å²) in [6.45, 7) is 6.07. The van der Waals surface area contributed by atoms with E-state index in [0.717, 1.165) is 28.9 Å². The van der Waals surface area contributed by atoms with E-state index < -0.39 is 6.04 Å². The van der Waals surface area contributed by atoms with Gasteiger partial charge < -0.3 is 15.6 Å². The van der Waals surface area contributed by atoms with Gasteiger partial charge in [-0.15, -0.1) is 0 Å². The van der Waals surface area contributed by atoms with Crippen LogP contribution in [0.4, 0.5) is 5.95 Å². The van der Waals surface area contributed by atoms with Gasteiger partial charge in [0.2, 0.25) is 5.95 Å². The lowest BCUT2D eigenvalue weighted by Gasteiger charge is -2.15. The lowest BCUT2D eigenvalue weighted by atomic mass is 10.0. The molecule has 0 radical (unpaired) electrons. The molecule has 0 spiro atoms. The van der Waals surface area contributed by atoms with Crippen molar-refractivity contribution in [2.45, 2.75) is 26.8 Å². The molecule has 0 unspecified atom stereocenters. The van der Waals surface area contributed by atoms with Crippen LogP contribution in [0.2, 0.25) is 0 Å². The van der Waals surface area contributed by atoms with E-state index in [9.17, 15) is 9.59 Å². The summed E-state index contributed by atoms with van der Waals surface area (Å²) in [5, 5.41) is 5.88. The minimum absolute atomic E-state index is 0.131. The first kappa shape index (κ1) is 19.3. The highest BCUT2D eigenvalue weighted by Gasteiger charge is 2.21. The Labute approximate surface area is 163 Å². The van der Waals surface area contributed by atoms with Crippen LogP contribution < -0.4 is 10.6 Å². The molecule has 144 valence electrons. The second-order valence-electron chi connectivity index (χ2n) is 6.49. The zero-order valence-electron chi connectivity index (χ0n) is 16.1. The first-order valence-corrected chi connectivity index (χ1v) is 9.12. The van der Waals surface area contributed by atoms with Gasteiger partial charge in [0.25, 0.3) is 5.91 Å². The van der Waals surface area contributed by atoms with Crippen molar-refractivity contribution in [2.24, 2.45) is 0 Å². The number of Topliss-reactive ketones (excluding diaryl/α,β-unsaturated/α-hetero) is 1. The number of benzene rings is 1. The molecule has 0 aliphatic heterocycles. The third-order valence-electron chi connectivity index (χ3n) is 4.32. The van der Waals surface area contributed by atoms with Crippen molar-refractivity contribution in [3.05, 3.63) is 65.6 Å². The van der Waals surface area contributed by atoms with Crippen molar-refractivity contribution in [1.82, 2.24) is 20.3 Å². The maximum absolute atomic E-state index is 12.7. The Morgan fingerprint density at radius 3 is 2.64 bits per heavy atom. The monoisotopic (exact) mass is 377 g/mol. The SMILES string of the molecule is CCNc1ncc(C)c(-c2c[nH]c(C(=O)N[C@@H](C(C)=O)c3ccccc3)c2)n1. The molecule has 0 aliphatic rings. The van der Waals surface area contributed by atoms with E-state index in [0.29, 0.717) is 11.6 Å². The lowest BCUT2D eigenvalue weighted by molar-refractivity contribution is -0.118. The van der Waals surface area contributed by atoms with Gasteiger partial charge in [-0.05, 0) is 38.0 Å². The molecule has 1 aromatic carbocycles. The number of aryl methyl sites for hydroxylation is 1. The predicted molar refractivity (Wildman–Crippen MR) is 108 cm³/mol. The molecule has 0 aliphatic carbocycles. The number of aromatic nitrogens is 3. The van der Waals surface area contributed by atoms with E-state index >= 15 is 0 Å². The van der Waals surface area contributed by atoms with Crippen LogP contribution in [0.3, 0.4) is 0 Å². The number of amides is 1. The average molecular weight is 377 g/mol. The number of aromatic amines is 1. The third kappa shape index (κ3) is 4.25. The molecular weight excluding hydrogens is 354 g/mol. The zero-order valence-corrected chi connectivity index (χ0v) is 16.1. The molecule has 0 saturated carbocycles. The number of carbonyl (C=O) groups is 2. The Kier molecular flexibility index (Phi) is 5.84. The smallest absolute Gasteiger partial charge is 0.268 e. The van der Waals surface area contributed by atoms with Crippen molar-refractivity contribution in [3.8, 4) is 11.3 Å². The summed E-state index contributed by atoms with van der Waals surface area (Å²) >= 11 is 0. The quantitative estimate of drug-likeness (QED) is 0.587. The molecule has 0 fully saturated rings. The second-order valence-corrected chi connectivity index (χ2v) is 6.49. The van der Waals surface area contributed by atoms with Crippen LogP contribution in [0.1, 0.15) is 41.5 Å². The van der Waals surface area contributed by atoms with Crippen LogP contribution in [-0.4, -0.2) is 33.2 Å². The van der Waals surface area contributed by atoms with Crippen LogP contribution >= 0.6 is 0 Å². The Bertz CT molecular complexity index is 981. The highest BCUT2D eigenvalue weighted by Crippen LogP contribution is 2.23. The van der Waals surface area contributed by atoms with Crippen molar-refractivity contribution < 1.29 is 9.59 Å². The van der Waals surface area contributed by atoms with Gasteiger partial charge in [0.15, 0.2) is 5.78 Å². The largest absolute Gasteiger partial charge is 0.357 e. The number of hydrogen-bond acceptors (Lipinski definition) is 5. The summed E-state index contributed by atoms with van der Waals surface area (Å²) in [6, 6.07) is 10.2. The molecule has 2 heterocycles. The van der Waals surface area contributed by atoms with Gasteiger partial charge in [0.1, 0.15) is 11.7 Å². The molecule has 0 saturated heterocycles. The van der Waals surface area contributed by atoms with Gasteiger partial charge in [-0.1, -0.05) is 30.3 Å². The minimum Gasteiger partial charge on any atom is -0.357 e. The van der Waals surface area contributed by atoms with Gasteiger partial charge in [-0.25, -0.2) is 9.97 Å². The number of anilines is 1. The number of carbonyl (C=O) groups excluding carboxylic acids is 2. The van der Waals surface area contributed by atoms with Crippen molar-refractivity contribution >= 4 is 17.6 Å². The molecule has 0 bridgehead atoms. The summed E-state index contributed by atoms with van der Waals surface area (Å²) in [4.78, 5) is 36.5. The molecule has 2 aromatic heterocycles. The Hall–Kier alpha value is -3.48. The van der Waals surface area contributed by atoms with Crippen molar-refractivity contribution in [3.63, 3.8) is 0 Å². The number of H-pyrrole nitrogens is 1.